The summed E-state index contributed by atoms with van der Waals surface area (Å²) in [6, 6.07) is 3.68. The Morgan fingerprint density at radius 3 is 2.89 bits per heavy atom. The van der Waals surface area contributed by atoms with Crippen molar-refractivity contribution >= 4 is 34.6 Å². The smallest absolute Gasteiger partial charge is 0.244 e. The Kier molecular flexibility index (Phi) is 8.57. The molecule has 0 aliphatic carbocycles. The molecule has 0 aliphatic heterocycles. The van der Waals surface area contributed by atoms with Crippen LogP contribution in [0.5, 0.6) is 0 Å². The molecule has 0 atom stereocenters. The average molecular weight is 377 g/mol. The van der Waals surface area contributed by atoms with Gasteiger partial charge in [0.25, 0.3) is 0 Å². The topological polar surface area (TPSA) is 51.5 Å². The number of halogens is 1. The van der Waals surface area contributed by atoms with Gasteiger partial charge in [-0.3, -0.25) is 4.79 Å². The van der Waals surface area contributed by atoms with Gasteiger partial charge >= 0.3 is 0 Å². The molecular formula is C14H20INO3. The summed E-state index contributed by atoms with van der Waals surface area (Å²) in [6.45, 7) is 4.27. The summed E-state index contributed by atoms with van der Waals surface area (Å²) in [5.41, 5.74) is 0. The van der Waals surface area contributed by atoms with E-state index in [0.717, 1.165) is 29.6 Å². The van der Waals surface area contributed by atoms with Gasteiger partial charge in [-0.05, 0) is 53.6 Å². The summed E-state index contributed by atoms with van der Waals surface area (Å²) in [6.07, 6.45) is 6.22. The molecule has 4 nitrogen and oxygen atoms in total. The van der Waals surface area contributed by atoms with E-state index in [4.69, 9.17) is 9.15 Å². The van der Waals surface area contributed by atoms with Gasteiger partial charge < -0.3 is 14.5 Å². The summed E-state index contributed by atoms with van der Waals surface area (Å²) in [5.74, 6) is 0.572. The van der Waals surface area contributed by atoms with Crippen LogP contribution in [0.15, 0.2) is 22.6 Å². The molecule has 1 aromatic rings. The van der Waals surface area contributed by atoms with Crippen molar-refractivity contribution in [1.82, 2.24) is 5.32 Å². The van der Waals surface area contributed by atoms with Crippen LogP contribution in [-0.4, -0.2) is 25.7 Å². The van der Waals surface area contributed by atoms with Crippen molar-refractivity contribution in [2.45, 2.75) is 26.2 Å². The van der Waals surface area contributed by atoms with Crippen molar-refractivity contribution in [3.05, 3.63) is 27.7 Å². The minimum absolute atomic E-state index is 0.111. The van der Waals surface area contributed by atoms with E-state index in [1.54, 1.807) is 6.08 Å². The number of hydrogen-bond donors (Lipinski definition) is 1. The maximum Gasteiger partial charge on any atom is 0.244 e. The number of carbonyl (C=O) groups is 1. The molecule has 19 heavy (non-hydrogen) atoms. The van der Waals surface area contributed by atoms with Gasteiger partial charge in [0.15, 0.2) is 3.77 Å². The lowest BCUT2D eigenvalue weighted by Gasteiger charge is -2.03. The highest BCUT2D eigenvalue weighted by Crippen LogP contribution is 2.11. The molecular weight excluding hydrogens is 357 g/mol. The highest BCUT2D eigenvalue weighted by atomic mass is 127. The van der Waals surface area contributed by atoms with E-state index in [0.29, 0.717) is 18.9 Å². The van der Waals surface area contributed by atoms with E-state index in [2.05, 4.69) is 34.8 Å². The van der Waals surface area contributed by atoms with E-state index in [1.165, 1.54) is 6.08 Å². The molecule has 0 aromatic carbocycles. The average Bonchev–Trinajstić information content (AvgIpc) is 2.81. The van der Waals surface area contributed by atoms with Crippen molar-refractivity contribution in [2.24, 2.45) is 0 Å². The number of unbranched alkanes of at least 4 members (excludes halogenated alkanes) is 1. The molecule has 0 saturated carbocycles. The first-order valence-corrected chi connectivity index (χ1v) is 7.59. The second-order valence-corrected chi connectivity index (χ2v) is 5.15. The number of carbonyl (C=O) groups excluding carboxylic acids is 1. The van der Waals surface area contributed by atoms with E-state index in [9.17, 15) is 4.79 Å². The zero-order valence-electron chi connectivity index (χ0n) is 11.2. The van der Waals surface area contributed by atoms with Gasteiger partial charge in [0.05, 0.1) is 0 Å². The summed E-state index contributed by atoms with van der Waals surface area (Å²) in [4.78, 5) is 11.5. The van der Waals surface area contributed by atoms with E-state index in [-0.39, 0.29) is 5.91 Å². The summed E-state index contributed by atoms with van der Waals surface area (Å²) in [5, 5.41) is 2.80. The van der Waals surface area contributed by atoms with Crippen molar-refractivity contribution in [2.75, 3.05) is 19.8 Å². The van der Waals surface area contributed by atoms with Crippen LogP contribution in [0.1, 0.15) is 31.9 Å². The van der Waals surface area contributed by atoms with E-state index < -0.39 is 0 Å². The molecule has 0 fully saturated rings. The highest BCUT2D eigenvalue weighted by Gasteiger charge is 1.97. The Labute approximate surface area is 127 Å². The van der Waals surface area contributed by atoms with Gasteiger partial charge in [0, 0.05) is 25.8 Å². The number of ether oxygens (including phenoxy) is 1. The van der Waals surface area contributed by atoms with Crippen molar-refractivity contribution in [3.8, 4) is 0 Å². The zero-order valence-corrected chi connectivity index (χ0v) is 13.3. The van der Waals surface area contributed by atoms with Crippen molar-refractivity contribution < 1.29 is 13.9 Å². The summed E-state index contributed by atoms with van der Waals surface area (Å²) < 4.78 is 11.5. The Bertz CT molecular complexity index is 401. The molecule has 0 aliphatic rings. The second kappa shape index (κ2) is 10.0. The number of hydrogen-bond acceptors (Lipinski definition) is 3. The van der Waals surface area contributed by atoms with Crippen LogP contribution in [0, 0.1) is 3.77 Å². The van der Waals surface area contributed by atoms with Crippen LogP contribution in [0.3, 0.4) is 0 Å². The standard InChI is InChI=1S/C14H20INO3/c1-2-3-10-18-11-4-9-16-14(17)8-6-12-5-7-13(15)19-12/h5-8H,2-4,9-11H2,1H3,(H,16,17)/b8-6+. The van der Waals surface area contributed by atoms with Gasteiger partial charge in [-0.25, -0.2) is 0 Å². The van der Waals surface area contributed by atoms with Gasteiger partial charge in [-0.2, -0.15) is 0 Å². The summed E-state index contributed by atoms with van der Waals surface area (Å²) >= 11 is 2.08. The predicted octanol–water partition coefficient (Wildman–Crippen LogP) is 3.22. The number of furan rings is 1. The molecule has 0 radical (unpaired) electrons. The molecule has 106 valence electrons. The SMILES string of the molecule is CCCCOCCCNC(=O)/C=C/c1ccc(I)o1. The maximum atomic E-state index is 11.5. The predicted molar refractivity (Wildman–Crippen MR) is 83.8 cm³/mol. The first-order valence-electron chi connectivity index (χ1n) is 6.51. The van der Waals surface area contributed by atoms with Crippen LogP contribution in [0.2, 0.25) is 0 Å². The molecule has 1 aromatic heterocycles. The Morgan fingerprint density at radius 1 is 1.42 bits per heavy atom. The van der Waals surface area contributed by atoms with Gasteiger partial charge in [-0.1, -0.05) is 13.3 Å². The fourth-order valence-electron chi connectivity index (χ4n) is 1.37. The first kappa shape index (κ1) is 16.2. The van der Waals surface area contributed by atoms with Crippen LogP contribution in [0.25, 0.3) is 6.08 Å². The monoisotopic (exact) mass is 377 g/mol. The Morgan fingerprint density at radius 2 is 2.21 bits per heavy atom. The normalized spacial score (nSPS) is 11.1. The summed E-state index contributed by atoms with van der Waals surface area (Å²) in [7, 11) is 0. The molecule has 0 bridgehead atoms. The van der Waals surface area contributed by atoms with Crippen LogP contribution in [-0.2, 0) is 9.53 Å². The van der Waals surface area contributed by atoms with E-state index in [1.807, 2.05) is 12.1 Å². The quantitative estimate of drug-likeness (QED) is 0.409. The third kappa shape index (κ3) is 8.05. The molecule has 1 amide bonds. The Hall–Kier alpha value is -0.820. The maximum absolute atomic E-state index is 11.5. The molecule has 0 unspecified atom stereocenters. The largest absolute Gasteiger partial charge is 0.451 e. The van der Waals surface area contributed by atoms with Crippen molar-refractivity contribution in [1.29, 1.82) is 0 Å². The number of rotatable bonds is 9. The third-order valence-electron chi connectivity index (χ3n) is 2.40. The minimum atomic E-state index is -0.111. The highest BCUT2D eigenvalue weighted by molar-refractivity contribution is 14.1. The fourth-order valence-corrected chi connectivity index (χ4v) is 1.80. The van der Waals surface area contributed by atoms with Gasteiger partial charge in [0.2, 0.25) is 5.91 Å². The molecule has 0 saturated heterocycles. The zero-order chi connectivity index (χ0) is 13.9. The Balaban J connectivity index is 2.06. The fraction of sp³-hybridized carbons (Fsp3) is 0.500. The molecule has 1 rings (SSSR count). The first-order chi connectivity index (χ1) is 9.22. The van der Waals surface area contributed by atoms with Crippen molar-refractivity contribution in [3.63, 3.8) is 0 Å². The molecule has 0 spiro atoms. The van der Waals surface area contributed by atoms with Gasteiger partial charge in [-0.15, -0.1) is 0 Å². The van der Waals surface area contributed by atoms with Crippen LogP contribution in [0.4, 0.5) is 0 Å². The number of amides is 1. The molecule has 5 heteroatoms. The molecule has 1 N–H and O–H groups in total. The molecule has 1 heterocycles. The number of nitrogens with one attached hydrogen (secondary N) is 1. The minimum Gasteiger partial charge on any atom is -0.451 e. The van der Waals surface area contributed by atoms with E-state index >= 15 is 0 Å². The second-order valence-electron chi connectivity index (χ2n) is 4.09. The van der Waals surface area contributed by atoms with Gasteiger partial charge in [0.1, 0.15) is 5.76 Å². The van der Waals surface area contributed by atoms with Crippen LogP contribution >= 0.6 is 22.6 Å². The van der Waals surface area contributed by atoms with Crippen LogP contribution < -0.4 is 5.32 Å². The lowest BCUT2D eigenvalue weighted by atomic mass is 10.3. The lowest BCUT2D eigenvalue weighted by Crippen LogP contribution is -2.23. The lowest BCUT2D eigenvalue weighted by molar-refractivity contribution is -0.116. The third-order valence-corrected chi connectivity index (χ3v) is 2.98.